The quantitative estimate of drug-likeness (QED) is 0.806. The van der Waals surface area contributed by atoms with E-state index >= 15 is 0 Å². The Morgan fingerprint density at radius 1 is 1.28 bits per heavy atom. The second-order valence-electron chi connectivity index (χ2n) is 4.83. The number of rotatable bonds is 7. The first kappa shape index (κ1) is 13.4. The van der Waals surface area contributed by atoms with Crippen LogP contribution in [-0.2, 0) is 4.74 Å². The lowest BCUT2D eigenvalue weighted by atomic mass is 9.99. The standard InChI is InChI=1S/C15H23NO2/c1-4-14(17-3)15(16-2)11-5-7-12(8-6-11)18-13-9-10-13/h5-8,13-16H,4,9-10H2,1-3H3. The average molecular weight is 249 g/mol. The summed E-state index contributed by atoms with van der Waals surface area (Å²) in [7, 11) is 3.74. The van der Waals surface area contributed by atoms with Crippen molar-refractivity contribution in [2.24, 2.45) is 0 Å². The maximum Gasteiger partial charge on any atom is 0.119 e. The summed E-state index contributed by atoms with van der Waals surface area (Å²) >= 11 is 0. The lowest BCUT2D eigenvalue weighted by Crippen LogP contribution is -2.30. The Morgan fingerprint density at radius 3 is 2.39 bits per heavy atom. The van der Waals surface area contributed by atoms with Gasteiger partial charge in [0, 0.05) is 7.11 Å². The Balaban J connectivity index is 2.05. The van der Waals surface area contributed by atoms with Crippen LogP contribution in [0.15, 0.2) is 24.3 Å². The minimum atomic E-state index is 0.199. The third kappa shape index (κ3) is 3.24. The SMILES string of the molecule is CCC(OC)C(NC)c1ccc(OC2CC2)cc1. The molecule has 1 N–H and O–H groups in total. The lowest BCUT2D eigenvalue weighted by Gasteiger charge is -2.25. The smallest absolute Gasteiger partial charge is 0.119 e. The van der Waals surface area contributed by atoms with Crippen molar-refractivity contribution in [3.63, 3.8) is 0 Å². The van der Waals surface area contributed by atoms with Gasteiger partial charge in [-0.05, 0) is 44.0 Å². The fraction of sp³-hybridized carbons (Fsp3) is 0.600. The van der Waals surface area contributed by atoms with Gasteiger partial charge in [0.1, 0.15) is 5.75 Å². The number of methoxy groups -OCH3 is 1. The molecular weight excluding hydrogens is 226 g/mol. The number of nitrogens with one attached hydrogen (secondary N) is 1. The molecule has 1 aromatic carbocycles. The van der Waals surface area contributed by atoms with Crippen molar-refractivity contribution in [1.29, 1.82) is 0 Å². The van der Waals surface area contributed by atoms with Gasteiger partial charge in [-0.15, -0.1) is 0 Å². The Labute approximate surface area is 109 Å². The van der Waals surface area contributed by atoms with E-state index < -0.39 is 0 Å². The minimum absolute atomic E-state index is 0.199. The van der Waals surface area contributed by atoms with E-state index in [1.54, 1.807) is 7.11 Å². The van der Waals surface area contributed by atoms with Crippen LogP contribution in [0.25, 0.3) is 0 Å². The second-order valence-corrected chi connectivity index (χ2v) is 4.83. The molecule has 0 saturated heterocycles. The molecule has 0 spiro atoms. The van der Waals surface area contributed by atoms with Crippen LogP contribution < -0.4 is 10.1 Å². The maximum atomic E-state index is 5.76. The zero-order chi connectivity index (χ0) is 13.0. The molecule has 0 aliphatic heterocycles. The normalized spacial score (nSPS) is 18.4. The molecule has 1 fully saturated rings. The predicted octanol–water partition coefficient (Wildman–Crippen LogP) is 2.91. The number of ether oxygens (including phenoxy) is 2. The molecule has 0 heterocycles. The molecule has 0 bridgehead atoms. The van der Waals surface area contributed by atoms with E-state index in [-0.39, 0.29) is 12.1 Å². The summed E-state index contributed by atoms with van der Waals surface area (Å²) in [6, 6.07) is 8.59. The summed E-state index contributed by atoms with van der Waals surface area (Å²) in [5.41, 5.74) is 1.24. The van der Waals surface area contributed by atoms with Crippen LogP contribution in [0, 0.1) is 0 Å². The summed E-state index contributed by atoms with van der Waals surface area (Å²) in [6.45, 7) is 2.14. The van der Waals surface area contributed by atoms with Gasteiger partial charge in [-0.2, -0.15) is 0 Å². The molecule has 2 rings (SSSR count). The van der Waals surface area contributed by atoms with Gasteiger partial charge in [0.15, 0.2) is 0 Å². The highest BCUT2D eigenvalue weighted by atomic mass is 16.5. The van der Waals surface area contributed by atoms with Crippen LogP contribution in [0.2, 0.25) is 0 Å². The zero-order valence-corrected chi connectivity index (χ0v) is 11.5. The topological polar surface area (TPSA) is 30.5 Å². The van der Waals surface area contributed by atoms with Gasteiger partial charge in [-0.1, -0.05) is 19.1 Å². The fourth-order valence-corrected chi connectivity index (χ4v) is 2.24. The Bertz CT molecular complexity index is 355. The molecule has 0 radical (unpaired) electrons. The number of likely N-dealkylation sites (N-methyl/N-ethyl adjacent to an activating group) is 1. The van der Waals surface area contributed by atoms with E-state index in [0.717, 1.165) is 12.2 Å². The molecule has 2 atom stereocenters. The van der Waals surface area contributed by atoms with E-state index in [0.29, 0.717) is 6.10 Å². The van der Waals surface area contributed by atoms with E-state index in [2.05, 4.69) is 36.5 Å². The molecule has 1 aliphatic carbocycles. The molecule has 100 valence electrons. The highest BCUT2D eigenvalue weighted by Crippen LogP contribution is 2.28. The van der Waals surface area contributed by atoms with Crippen molar-refractivity contribution in [3.05, 3.63) is 29.8 Å². The molecule has 3 heteroatoms. The predicted molar refractivity (Wildman–Crippen MR) is 73.0 cm³/mol. The van der Waals surface area contributed by atoms with Crippen LogP contribution in [0.5, 0.6) is 5.75 Å². The van der Waals surface area contributed by atoms with Gasteiger partial charge in [0.25, 0.3) is 0 Å². The van der Waals surface area contributed by atoms with Crippen LogP contribution in [0.4, 0.5) is 0 Å². The van der Waals surface area contributed by atoms with Crippen molar-refractivity contribution < 1.29 is 9.47 Å². The van der Waals surface area contributed by atoms with Crippen LogP contribution in [0.1, 0.15) is 37.8 Å². The molecule has 1 saturated carbocycles. The highest BCUT2D eigenvalue weighted by Gasteiger charge is 2.24. The number of hydrogen-bond acceptors (Lipinski definition) is 3. The number of hydrogen-bond donors (Lipinski definition) is 1. The van der Waals surface area contributed by atoms with Crippen LogP contribution in [0.3, 0.4) is 0 Å². The Kier molecular flexibility index (Phi) is 4.61. The van der Waals surface area contributed by atoms with Gasteiger partial charge >= 0.3 is 0 Å². The highest BCUT2D eigenvalue weighted by molar-refractivity contribution is 5.30. The van der Waals surface area contributed by atoms with Crippen molar-refractivity contribution >= 4 is 0 Å². The third-order valence-electron chi connectivity index (χ3n) is 3.45. The van der Waals surface area contributed by atoms with E-state index in [1.165, 1.54) is 18.4 Å². The molecule has 0 aromatic heterocycles. The van der Waals surface area contributed by atoms with Crippen molar-refractivity contribution in [2.75, 3.05) is 14.2 Å². The second kappa shape index (κ2) is 6.21. The molecule has 18 heavy (non-hydrogen) atoms. The van der Waals surface area contributed by atoms with Gasteiger partial charge in [-0.25, -0.2) is 0 Å². The summed E-state index contributed by atoms with van der Waals surface area (Å²) in [6.07, 6.45) is 4.04. The maximum absolute atomic E-state index is 5.76. The van der Waals surface area contributed by atoms with E-state index in [9.17, 15) is 0 Å². The van der Waals surface area contributed by atoms with E-state index in [1.807, 2.05) is 7.05 Å². The largest absolute Gasteiger partial charge is 0.490 e. The minimum Gasteiger partial charge on any atom is -0.490 e. The lowest BCUT2D eigenvalue weighted by molar-refractivity contribution is 0.0675. The fourth-order valence-electron chi connectivity index (χ4n) is 2.24. The van der Waals surface area contributed by atoms with Gasteiger partial charge < -0.3 is 14.8 Å². The summed E-state index contributed by atoms with van der Waals surface area (Å²) in [5, 5.41) is 3.33. The van der Waals surface area contributed by atoms with Gasteiger partial charge in [-0.3, -0.25) is 0 Å². The molecule has 0 amide bonds. The Hall–Kier alpha value is -1.06. The van der Waals surface area contributed by atoms with Crippen molar-refractivity contribution in [2.45, 2.75) is 44.4 Å². The van der Waals surface area contributed by atoms with Gasteiger partial charge in [0.05, 0.1) is 18.2 Å². The summed E-state index contributed by atoms with van der Waals surface area (Å²) in [5.74, 6) is 0.974. The van der Waals surface area contributed by atoms with Crippen molar-refractivity contribution in [1.82, 2.24) is 5.32 Å². The van der Waals surface area contributed by atoms with Crippen LogP contribution in [-0.4, -0.2) is 26.4 Å². The van der Waals surface area contributed by atoms with E-state index in [4.69, 9.17) is 9.47 Å². The molecule has 3 nitrogen and oxygen atoms in total. The zero-order valence-electron chi connectivity index (χ0n) is 11.5. The van der Waals surface area contributed by atoms with Crippen LogP contribution >= 0.6 is 0 Å². The number of benzene rings is 1. The van der Waals surface area contributed by atoms with Gasteiger partial charge in [0.2, 0.25) is 0 Å². The Morgan fingerprint density at radius 2 is 1.94 bits per heavy atom. The molecular formula is C15H23NO2. The summed E-state index contributed by atoms with van der Waals surface area (Å²) < 4.78 is 11.3. The average Bonchev–Trinajstić information content (AvgIpc) is 3.21. The molecule has 1 aliphatic rings. The third-order valence-corrected chi connectivity index (χ3v) is 3.45. The molecule has 1 aromatic rings. The molecule has 2 unspecified atom stereocenters. The monoisotopic (exact) mass is 249 g/mol. The summed E-state index contributed by atoms with van der Waals surface area (Å²) in [4.78, 5) is 0. The first-order chi connectivity index (χ1) is 8.78. The first-order valence-electron chi connectivity index (χ1n) is 6.75. The first-order valence-corrected chi connectivity index (χ1v) is 6.75. The van der Waals surface area contributed by atoms with Crippen molar-refractivity contribution in [3.8, 4) is 5.75 Å².